The van der Waals surface area contributed by atoms with Crippen LogP contribution in [-0.2, 0) is 9.47 Å². The van der Waals surface area contributed by atoms with Crippen molar-refractivity contribution < 1.29 is 9.47 Å². The number of hydrogen-bond donors (Lipinski definition) is 1. The second-order valence-electron chi connectivity index (χ2n) is 3.67. The van der Waals surface area contributed by atoms with Gasteiger partial charge in [-0.3, -0.25) is 0 Å². The van der Waals surface area contributed by atoms with E-state index in [2.05, 4.69) is 12.2 Å². The Labute approximate surface area is 80.8 Å². The van der Waals surface area contributed by atoms with Crippen molar-refractivity contribution >= 4 is 0 Å². The standard InChI is InChI=1S/C10H21NO2/c1-9(5-6-11-2)13-8-10-4-3-7-12-10/h9-11H,3-8H2,1-2H3. The van der Waals surface area contributed by atoms with Gasteiger partial charge in [-0.1, -0.05) is 0 Å². The van der Waals surface area contributed by atoms with Gasteiger partial charge in [0.05, 0.1) is 18.8 Å². The Morgan fingerprint density at radius 1 is 1.62 bits per heavy atom. The molecule has 13 heavy (non-hydrogen) atoms. The van der Waals surface area contributed by atoms with E-state index >= 15 is 0 Å². The van der Waals surface area contributed by atoms with E-state index in [1.165, 1.54) is 12.8 Å². The van der Waals surface area contributed by atoms with Crippen molar-refractivity contribution in [3.8, 4) is 0 Å². The molecule has 0 bridgehead atoms. The van der Waals surface area contributed by atoms with E-state index in [4.69, 9.17) is 9.47 Å². The molecule has 1 fully saturated rings. The summed E-state index contributed by atoms with van der Waals surface area (Å²) in [7, 11) is 1.97. The molecule has 0 saturated carbocycles. The van der Waals surface area contributed by atoms with Crippen molar-refractivity contribution in [2.75, 3.05) is 26.8 Å². The molecule has 0 spiro atoms. The molecule has 0 aromatic heterocycles. The Balaban J connectivity index is 1.97. The van der Waals surface area contributed by atoms with Gasteiger partial charge in [-0.15, -0.1) is 0 Å². The summed E-state index contributed by atoms with van der Waals surface area (Å²) < 4.78 is 11.1. The Hall–Kier alpha value is -0.120. The zero-order valence-corrected chi connectivity index (χ0v) is 8.71. The van der Waals surface area contributed by atoms with Gasteiger partial charge in [-0.25, -0.2) is 0 Å². The highest BCUT2D eigenvalue weighted by atomic mass is 16.5. The van der Waals surface area contributed by atoms with Gasteiger partial charge in [-0.05, 0) is 39.8 Å². The van der Waals surface area contributed by atoms with Crippen LogP contribution in [0.1, 0.15) is 26.2 Å². The molecule has 3 heteroatoms. The van der Waals surface area contributed by atoms with Crippen LogP contribution in [0, 0.1) is 0 Å². The van der Waals surface area contributed by atoms with Crippen LogP contribution in [0.4, 0.5) is 0 Å². The van der Waals surface area contributed by atoms with Crippen LogP contribution >= 0.6 is 0 Å². The fraction of sp³-hybridized carbons (Fsp3) is 1.00. The molecular weight excluding hydrogens is 166 g/mol. The van der Waals surface area contributed by atoms with E-state index in [0.717, 1.165) is 26.2 Å². The van der Waals surface area contributed by atoms with Crippen molar-refractivity contribution in [3.05, 3.63) is 0 Å². The van der Waals surface area contributed by atoms with E-state index < -0.39 is 0 Å². The molecule has 0 aliphatic carbocycles. The van der Waals surface area contributed by atoms with Crippen LogP contribution in [0.5, 0.6) is 0 Å². The van der Waals surface area contributed by atoms with E-state index in [1.54, 1.807) is 0 Å². The minimum atomic E-state index is 0.344. The highest BCUT2D eigenvalue weighted by molar-refractivity contribution is 4.64. The third-order valence-corrected chi connectivity index (χ3v) is 2.39. The topological polar surface area (TPSA) is 30.5 Å². The van der Waals surface area contributed by atoms with Gasteiger partial charge in [0.2, 0.25) is 0 Å². The van der Waals surface area contributed by atoms with Crippen molar-refractivity contribution in [3.63, 3.8) is 0 Å². The van der Waals surface area contributed by atoms with E-state index in [0.29, 0.717) is 12.2 Å². The van der Waals surface area contributed by atoms with Crippen LogP contribution < -0.4 is 5.32 Å². The van der Waals surface area contributed by atoms with Gasteiger partial charge in [0, 0.05) is 6.61 Å². The average Bonchev–Trinajstić information content (AvgIpc) is 2.64. The summed E-state index contributed by atoms with van der Waals surface area (Å²) in [4.78, 5) is 0. The Bertz CT molecular complexity index is 124. The lowest BCUT2D eigenvalue weighted by Gasteiger charge is -2.15. The summed E-state index contributed by atoms with van der Waals surface area (Å²) in [5.74, 6) is 0. The van der Waals surface area contributed by atoms with Crippen LogP contribution in [0.25, 0.3) is 0 Å². The first kappa shape index (κ1) is 11.0. The Morgan fingerprint density at radius 2 is 2.46 bits per heavy atom. The van der Waals surface area contributed by atoms with Gasteiger partial charge < -0.3 is 14.8 Å². The van der Waals surface area contributed by atoms with E-state index in [9.17, 15) is 0 Å². The summed E-state index contributed by atoms with van der Waals surface area (Å²) in [6, 6.07) is 0. The number of ether oxygens (including phenoxy) is 2. The van der Waals surface area contributed by atoms with Gasteiger partial charge in [0.15, 0.2) is 0 Å². The molecular formula is C10H21NO2. The fourth-order valence-electron chi connectivity index (χ4n) is 1.48. The summed E-state index contributed by atoms with van der Waals surface area (Å²) in [5, 5.41) is 3.12. The first-order valence-electron chi connectivity index (χ1n) is 5.20. The van der Waals surface area contributed by atoms with E-state index in [1.807, 2.05) is 7.05 Å². The van der Waals surface area contributed by atoms with E-state index in [-0.39, 0.29) is 0 Å². The predicted octanol–water partition coefficient (Wildman–Crippen LogP) is 1.18. The number of hydrogen-bond acceptors (Lipinski definition) is 3. The van der Waals surface area contributed by atoms with Crippen LogP contribution in [0.2, 0.25) is 0 Å². The lowest BCUT2D eigenvalue weighted by atomic mass is 10.2. The first-order chi connectivity index (χ1) is 6.33. The predicted molar refractivity (Wildman–Crippen MR) is 52.9 cm³/mol. The zero-order chi connectivity index (χ0) is 9.52. The summed E-state index contributed by atoms with van der Waals surface area (Å²) in [6.45, 7) is 4.82. The molecule has 0 radical (unpaired) electrons. The molecule has 0 aromatic carbocycles. The molecule has 0 amide bonds. The molecule has 2 atom stereocenters. The van der Waals surface area contributed by atoms with Crippen molar-refractivity contribution in [2.45, 2.75) is 38.4 Å². The largest absolute Gasteiger partial charge is 0.376 e. The van der Waals surface area contributed by atoms with Gasteiger partial charge >= 0.3 is 0 Å². The quantitative estimate of drug-likeness (QED) is 0.677. The highest BCUT2D eigenvalue weighted by Crippen LogP contribution is 2.13. The molecule has 1 saturated heterocycles. The summed E-state index contributed by atoms with van der Waals surface area (Å²) >= 11 is 0. The zero-order valence-electron chi connectivity index (χ0n) is 8.71. The Kier molecular flexibility index (Phi) is 5.35. The molecule has 2 unspecified atom stereocenters. The van der Waals surface area contributed by atoms with Gasteiger partial charge in [0.25, 0.3) is 0 Å². The third-order valence-electron chi connectivity index (χ3n) is 2.39. The minimum absolute atomic E-state index is 0.344. The smallest absolute Gasteiger partial charge is 0.0809 e. The summed E-state index contributed by atoms with van der Waals surface area (Å²) in [5.41, 5.74) is 0. The second-order valence-corrected chi connectivity index (χ2v) is 3.67. The van der Waals surface area contributed by atoms with Crippen LogP contribution in [-0.4, -0.2) is 39.0 Å². The monoisotopic (exact) mass is 187 g/mol. The molecule has 0 aromatic rings. The first-order valence-corrected chi connectivity index (χ1v) is 5.20. The maximum absolute atomic E-state index is 5.66. The fourth-order valence-corrected chi connectivity index (χ4v) is 1.48. The van der Waals surface area contributed by atoms with Crippen LogP contribution in [0.3, 0.4) is 0 Å². The van der Waals surface area contributed by atoms with Gasteiger partial charge in [-0.2, -0.15) is 0 Å². The van der Waals surface area contributed by atoms with Crippen molar-refractivity contribution in [1.82, 2.24) is 5.32 Å². The maximum Gasteiger partial charge on any atom is 0.0809 e. The van der Waals surface area contributed by atoms with Crippen molar-refractivity contribution in [2.24, 2.45) is 0 Å². The normalized spacial score (nSPS) is 24.9. The molecule has 78 valence electrons. The van der Waals surface area contributed by atoms with Gasteiger partial charge in [0.1, 0.15) is 0 Å². The maximum atomic E-state index is 5.66. The highest BCUT2D eigenvalue weighted by Gasteiger charge is 2.16. The average molecular weight is 187 g/mol. The second kappa shape index (κ2) is 6.35. The molecule has 1 N–H and O–H groups in total. The number of nitrogens with one attached hydrogen (secondary N) is 1. The van der Waals surface area contributed by atoms with Crippen molar-refractivity contribution in [1.29, 1.82) is 0 Å². The Morgan fingerprint density at radius 3 is 3.08 bits per heavy atom. The SMILES string of the molecule is CNCCC(C)OCC1CCCO1. The lowest BCUT2D eigenvalue weighted by molar-refractivity contribution is -0.0160. The minimum Gasteiger partial charge on any atom is -0.376 e. The molecule has 1 aliphatic rings. The molecule has 1 rings (SSSR count). The molecule has 3 nitrogen and oxygen atoms in total. The molecule has 1 heterocycles. The lowest BCUT2D eigenvalue weighted by Crippen LogP contribution is -2.22. The molecule has 1 aliphatic heterocycles. The third kappa shape index (κ3) is 4.60. The summed E-state index contributed by atoms with van der Waals surface area (Å²) in [6.07, 6.45) is 4.13. The number of rotatable bonds is 6. The van der Waals surface area contributed by atoms with Crippen LogP contribution in [0.15, 0.2) is 0 Å².